The molecule has 2 unspecified atom stereocenters. The minimum absolute atomic E-state index is 0.0819. The van der Waals surface area contributed by atoms with Gasteiger partial charge in [0.2, 0.25) is 0 Å². The van der Waals surface area contributed by atoms with E-state index in [0.29, 0.717) is 5.56 Å². The fraction of sp³-hybridized carbons (Fsp3) is 0.625. The van der Waals surface area contributed by atoms with Crippen LogP contribution in [-0.4, -0.2) is 43.5 Å². The summed E-state index contributed by atoms with van der Waals surface area (Å²) in [7, 11) is 0. The van der Waals surface area contributed by atoms with E-state index in [0.717, 1.165) is 94.5 Å². The Kier molecular flexibility index (Phi) is 11.6. The second-order valence-corrected chi connectivity index (χ2v) is 10.7. The van der Waals surface area contributed by atoms with Gasteiger partial charge >= 0.3 is 0 Å². The summed E-state index contributed by atoms with van der Waals surface area (Å²) in [6, 6.07) is 13.6. The summed E-state index contributed by atoms with van der Waals surface area (Å²) in [4.78, 5) is 4.71. The van der Waals surface area contributed by atoms with Gasteiger partial charge in [-0.25, -0.2) is 0 Å². The Morgan fingerprint density at radius 1 is 0.622 bits per heavy atom. The van der Waals surface area contributed by atoms with Crippen molar-refractivity contribution in [1.29, 1.82) is 0 Å². The molecule has 2 aromatic rings. The number of aromatic hydroxyl groups is 1. The number of hydrogen-bond donors (Lipinski definition) is 1. The van der Waals surface area contributed by atoms with Gasteiger partial charge in [-0.1, -0.05) is 71.6 Å². The van der Waals surface area contributed by atoms with Crippen LogP contribution in [-0.2, 0) is 0 Å². The monoisotopic (exact) mass is 508 g/mol. The van der Waals surface area contributed by atoms with Gasteiger partial charge in [0.1, 0.15) is 5.75 Å². The highest BCUT2D eigenvalue weighted by Gasteiger charge is 2.39. The molecule has 1 aliphatic rings. The lowest BCUT2D eigenvalue weighted by molar-refractivity contribution is -0.536. The van der Waals surface area contributed by atoms with E-state index in [2.05, 4.69) is 49.6 Å². The maximum atomic E-state index is 13.3. The van der Waals surface area contributed by atoms with Gasteiger partial charge in [0.05, 0.1) is 0 Å². The summed E-state index contributed by atoms with van der Waals surface area (Å²) in [5, 5.41) is 37.4. The summed E-state index contributed by atoms with van der Waals surface area (Å²) < 4.78 is 0. The first-order valence-corrected chi connectivity index (χ1v) is 14.7. The van der Waals surface area contributed by atoms with Crippen LogP contribution in [0.4, 0.5) is 11.4 Å². The van der Waals surface area contributed by atoms with Gasteiger partial charge in [0.25, 0.3) is 0 Å². The van der Waals surface area contributed by atoms with E-state index in [1.807, 2.05) is 24.3 Å². The van der Waals surface area contributed by atoms with Crippen LogP contribution in [0.25, 0.3) is 0 Å². The molecule has 1 fully saturated rings. The van der Waals surface area contributed by atoms with Crippen molar-refractivity contribution in [2.24, 2.45) is 0 Å². The third kappa shape index (κ3) is 7.20. The largest absolute Gasteiger partial charge is 0.851 e. The van der Waals surface area contributed by atoms with Crippen LogP contribution in [0.15, 0.2) is 42.5 Å². The Labute approximate surface area is 225 Å². The van der Waals surface area contributed by atoms with Crippen molar-refractivity contribution in [3.8, 4) is 5.75 Å². The normalized spacial score (nSPS) is 21.0. The number of benzene rings is 2. The van der Waals surface area contributed by atoms with Crippen LogP contribution in [0.1, 0.15) is 102 Å². The van der Waals surface area contributed by atoms with Crippen LogP contribution < -0.4 is 20.0 Å². The standard InChI is InChI=1S/C32H48N2O3/c1-5-9-19-33(20-10-6-2)25-15-13-24(14-16-25)29-31(36)30(32(29)37)27-18-17-26(23-28(27)35)34(21-11-7-3)22-12-8-4/h13-18,23,29-32,35H,5-12,19-22H2,1-4H3/q-2. The lowest BCUT2D eigenvalue weighted by atomic mass is 9.63. The summed E-state index contributed by atoms with van der Waals surface area (Å²) in [6.45, 7) is 12.7. The zero-order valence-corrected chi connectivity index (χ0v) is 23.5. The number of phenolic OH excluding ortho intramolecular Hbond substituents is 1. The first-order chi connectivity index (χ1) is 18.0. The molecule has 0 radical (unpaired) electrons. The number of anilines is 2. The van der Waals surface area contributed by atoms with E-state index in [4.69, 9.17) is 0 Å². The third-order valence-electron chi connectivity index (χ3n) is 7.92. The summed E-state index contributed by atoms with van der Waals surface area (Å²) in [5.74, 6) is -1.19. The highest BCUT2D eigenvalue weighted by atomic mass is 16.3. The molecule has 1 aliphatic carbocycles. The van der Waals surface area contributed by atoms with Gasteiger partial charge in [0, 0.05) is 43.6 Å². The SMILES string of the molecule is CCCCN(CCCC)c1ccc(C2C([O-])C(c3ccc(N(CCCC)CCCC)cc3O)C2[O-])cc1. The number of rotatable bonds is 16. The first kappa shape index (κ1) is 29.3. The Balaban J connectivity index is 1.71. The highest BCUT2D eigenvalue weighted by Crippen LogP contribution is 2.48. The average Bonchev–Trinajstić information content (AvgIpc) is 2.91. The van der Waals surface area contributed by atoms with Gasteiger partial charge in [0.15, 0.2) is 0 Å². The molecule has 0 amide bonds. The van der Waals surface area contributed by atoms with Crippen LogP contribution >= 0.6 is 0 Å². The van der Waals surface area contributed by atoms with E-state index >= 15 is 0 Å². The van der Waals surface area contributed by atoms with Gasteiger partial charge in [-0.2, -0.15) is 0 Å². The molecule has 5 nitrogen and oxygen atoms in total. The van der Waals surface area contributed by atoms with Crippen LogP contribution in [0.2, 0.25) is 0 Å². The fourth-order valence-electron chi connectivity index (χ4n) is 5.46. The third-order valence-corrected chi connectivity index (χ3v) is 7.92. The number of unbranched alkanes of at least 4 members (excludes halogenated alkanes) is 4. The van der Waals surface area contributed by atoms with Crippen molar-refractivity contribution in [2.75, 3.05) is 36.0 Å². The summed E-state index contributed by atoms with van der Waals surface area (Å²) >= 11 is 0. The average molecular weight is 509 g/mol. The maximum Gasteiger partial charge on any atom is 0.121 e. The van der Waals surface area contributed by atoms with E-state index < -0.39 is 24.0 Å². The molecule has 206 valence electrons. The lowest BCUT2D eigenvalue weighted by Crippen LogP contribution is -2.63. The van der Waals surface area contributed by atoms with Gasteiger partial charge in [-0.05, 0) is 66.8 Å². The summed E-state index contributed by atoms with van der Waals surface area (Å²) in [5.41, 5.74) is 3.46. The van der Waals surface area contributed by atoms with Crippen molar-refractivity contribution < 1.29 is 15.3 Å². The molecule has 1 saturated carbocycles. The molecular weight excluding hydrogens is 460 g/mol. The van der Waals surface area contributed by atoms with Gasteiger partial charge < -0.3 is 25.1 Å². The summed E-state index contributed by atoms with van der Waals surface area (Å²) in [6.07, 6.45) is 6.94. The molecule has 0 aromatic heterocycles. The molecular formula is C32H48N2O3-2. The smallest absolute Gasteiger partial charge is 0.121 e. The van der Waals surface area contributed by atoms with Crippen molar-refractivity contribution in [2.45, 2.75) is 103 Å². The molecule has 0 saturated heterocycles. The zero-order valence-electron chi connectivity index (χ0n) is 23.5. The van der Waals surface area contributed by atoms with Gasteiger partial charge in [-0.3, -0.25) is 0 Å². The Morgan fingerprint density at radius 2 is 1.05 bits per heavy atom. The maximum absolute atomic E-state index is 13.3. The molecule has 0 spiro atoms. The molecule has 3 rings (SSSR count). The van der Waals surface area contributed by atoms with Crippen molar-refractivity contribution in [3.63, 3.8) is 0 Å². The van der Waals surface area contributed by atoms with Crippen molar-refractivity contribution in [3.05, 3.63) is 53.6 Å². The lowest BCUT2D eigenvalue weighted by Gasteiger charge is -2.61. The molecule has 0 bridgehead atoms. The van der Waals surface area contributed by atoms with E-state index in [1.54, 1.807) is 6.07 Å². The van der Waals surface area contributed by atoms with Crippen LogP contribution in [0, 0.1) is 0 Å². The topological polar surface area (TPSA) is 72.8 Å². The second kappa shape index (κ2) is 14.6. The number of hydrogen-bond acceptors (Lipinski definition) is 5. The number of phenols is 1. The quantitative estimate of drug-likeness (QED) is 0.322. The van der Waals surface area contributed by atoms with Crippen LogP contribution in [0.5, 0.6) is 5.75 Å². The minimum Gasteiger partial charge on any atom is -0.851 e. The van der Waals surface area contributed by atoms with Gasteiger partial charge in [-0.15, -0.1) is 12.2 Å². The van der Waals surface area contributed by atoms with Crippen molar-refractivity contribution >= 4 is 11.4 Å². The Hall–Kier alpha value is -2.24. The first-order valence-electron chi connectivity index (χ1n) is 14.7. The predicted octanol–water partition coefficient (Wildman–Crippen LogP) is 5.54. The van der Waals surface area contributed by atoms with Crippen molar-refractivity contribution in [1.82, 2.24) is 0 Å². The molecule has 2 aromatic carbocycles. The molecule has 5 heteroatoms. The number of nitrogens with zero attached hydrogens (tertiary/aromatic N) is 2. The highest BCUT2D eigenvalue weighted by molar-refractivity contribution is 5.56. The Morgan fingerprint density at radius 3 is 1.49 bits per heavy atom. The molecule has 2 atom stereocenters. The molecule has 0 heterocycles. The van der Waals surface area contributed by atoms with E-state index in [1.165, 1.54) is 0 Å². The molecule has 37 heavy (non-hydrogen) atoms. The zero-order chi connectivity index (χ0) is 26.8. The van der Waals surface area contributed by atoms with E-state index in [-0.39, 0.29) is 5.75 Å². The fourth-order valence-corrected chi connectivity index (χ4v) is 5.46. The molecule has 0 aliphatic heterocycles. The Bertz CT molecular complexity index is 906. The molecule has 1 N–H and O–H groups in total. The second-order valence-electron chi connectivity index (χ2n) is 10.7. The minimum atomic E-state index is -1.04. The van der Waals surface area contributed by atoms with E-state index in [9.17, 15) is 15.3 Å². The predicted molar refractivity (Wildman–Crippen MR) is 152 cm³/mol. The van der Waals surface area contributed by atoms with Crippen LogP contribution in [0.3, 0.4) is 0 Å².